The first kappa shape index (κ1) is 13.5. The van der Waals surface area contributed by atoms with E-state index in [2.05, 4.69) is 35.6 Å². The summed E-state index contributed by atoms with van der Waals surface area (Å²) in [6.07, 6.45) is 2.54. The number of nitrogens with zero attached hydrogens (tertiary/aromatic N) is 6. The molecule has 3 heterocycles. The van der Waals surface area contributed by atoms with E-state index in [1.165, 1.54) is 0 Å². The van der Waals surface area contributed by atoms with Crippen molar-refractivity contribution in [2.24, 2.45) is 7.05 Å². The fourth-order valence-corrected chi connectivity index (χ4v) is 2.16. The number of fused-ring (bicyclic) bond motifs is 1. The molecule has 0 aliphatic rings. The van der Waals surface area contributed by atoms with E-state index in [1.807, 2.05) is 27.8 Å². The number of rotatable bonds is 4. The fourth-order valence-electron chi connectivity index (χ4n) is 2.16. The van der Waals surface area contributed by atoms with Crippen LogP contribution in [-0.2, 0) is 13.5 Å². The maximum Gasteiger partial charge on any atom is 0.172 e. The number of H-pyrrole nitrogens is 1. The maximum absolute atomic E-state index is 4.56. The van der Waals surface area contributed by atoms with Crippen molar-refractivity contribution in [3.63, 3.8) is 0 Å². The number of hydrogen-bond donors (Lipinski definition) is 2. The number of hydrogen-bond acceptors (Lipinski definition) is 6. The molecule has 8 nitrogen and oxygen atoms in total. The minimum Gasteiger partial charge on any atom is -0.360 e. The Morgan fingerprint density at radius 3 is 2.81 bits per heavy atom. The molecule has 0 radical (unpaired) electrons. The second-order valence-corrected chi connectivity index (χ2v) is 4.99. The first-order valence-electron chi connectivity index (χ1n) is 6.92. The normalized spacial score (nSPS) is 12.8. The van der Waals surface area contributed by atoms with Crippen molar-refractivity contribution >= 4 is 16.9 Å². The smallest absolute Gasteiger partial charge is 0.172 e. The van der Waals surface area contributed by atoms with Crippen molar-refractivity contribution in [2.75, 3.05) is 5.32 Å². The zero-order valence-electron chi connectivity index (χ0n) is 12.5. The molecule has 3 aromatic heterocycles. The summed E-state index contributed by atoms with van der Waals surface area (Å²) in [5.74, 6) is 3.05. The van der Waals surface area contributed by atoms with E-state index in [4.69, 9.17) is 0 Å². The van der Waals surface area contributed by atoms with E-state index in [9.17, 15) is 0 Å². The highest BCUT2D eigenvalue weighted by Gasteiger charge is 2.16. The molecular weight excluding hydrogens is 268 g/mol. The van der Waals surface area contributed by atoms with Crippen molar-refractivity contribution < 1.29 is 0 Å². The monoisotopic (exact) mass is 286 g/mol. The summed E-state index contributed by atoms with van der Waals surface area (Å²) in [4.78, 5) is 13.4. The van der Waals surface area contributed by atoms with Crippen molar-refractivity contribution in [2.45, 2.75) is 33.2 Å². The fraction of sp³-hybridized carbons (Fsp3) is 0.462. The highest BCUT2D eigenvalue weighted by atomic mass is 15.3. The Bertz CT molecular complexity index is 772. The number of nitrogens with one attached hydrogen (secondary N) is 2. The van der Waals surface area contributed by atoms with Gasteiger partial charge in [0.2, 0.25) is 0 Å². The van der Waals surface area contributed by atoms with Crippen molar-refractivity contribution in [3.05, 3.63) is 23.7 Å². The SMILES string of the molecule is CCc1nc(N[C@@H](C)c2n[nH]c(C)n2)c2cnn(C)c2n1. The third-order valence-corrected chi connectivity index (χ3v) is 3.31. The molecule has 0 unspecified atom stereocenters. The van der Waals surface area contributed by atoms with Crippen LogP contribution in [-0.4, -0.2) is 34.9 Å². The van der Waals surface area contributed by atoms with Gasteiger partial charge in [0, 0.05) is 13.5 Å². The van der Waals surface area contributed by atoms with Gasteiger partial charge < -0.3 is 5.32 Å². The lowest BCUT2D eigenvalue weighted by Gasteiger charge is -2.12. The number of anilines is 1. The van der Waals surface area contributed by atoms with E-state index < -0.39 is 0 Å². The number of aromatic amines is 1. The Labute approximate surface area is 122 Å². The van der Waals surface area contributed by atoms with Gasteiger partial charge in [-0.25, -0.2) is 15.0 Å². The van der Waals surface area contributed by atoms with Crippen LogP contribution in [0.15, 0.2) is 6.20 Å². The van der Waals surface area contributed by atoms with Gasteiger partial charge in [0.15, 0.2) is 11.5 Å². The van der Waals surface area contributed by atoms with Crippen LogP contribution < -0.4 is 5.32 Å². The number of aryl methyl sites for hydroxylation is 3. The second-order valence-electron chi connectivity index (χ2n) is 4.99. The second kappa shape index (κ2) is 5.12. The molecule has 3 aromatic rings. The van der Waals surface area contributed by atoms with Gasteiger partial charge in [0.25, 0.3) is 0 Å². The van der Waals surface area contributed by atoms with Crippen molar-refractivity contribution in [1.82, 2.24) is 34.9 Å². The highest BCUT2D eigenvalue weighted by Crippen LogP contribution is 2.23. The lowest BCUT2D eigenvalue weighted by Crippen LogP contribution is -2.11. The van der Waals surface area contributed by atoms with Crippen LogP contribution in [0.1, 0.15) is 37.4 Å². The topological polar surface area (TPSA) is 97.2 Å². The third kappa shape index (κ3) is 2.44. The van der Waals surface area contributed by atoms with E-state index in [-0.39, 0.29) is 6.04 Å². The predicted octanol–water partition coefficient (Wildman–Crippen LogP) is 1.53. The average Bonchev–Trinajstić information content (AvgIpc) is 3.06. The Balaban J connectivity index is 1.99. The molecule has 0 saturated carbocycles. The zero-order chi connectivity index (χ0) is 15.0. The molecule has 8 heteroatoms. The molecule has 2 N–H and O–H groups in total. The minimum absolute atomic E-state index is 0.0574. The zero-order valence-corrected chi connectivity index (χ0v) is 12.5. The molecule has 0 fully saturated rings. The molecule has 0 aromatic carbocycles. The van der Waals surface area contributed by atoms with Gasteiger partial charge in [0.1, 0.15) is 17.5 Å². The summed E-state index contributed by atoms with van der Waals surface area (Å²) in [5, 5.41) is 15.5. The molecule has 0 spiro atoms. The van der Waals surface area contributed by atoms with E-state index in [0.29, 0.717) is 5.82 Å². The van der Waals surface area contributed by atoms with Gasteiger partial charge in [-0.3, -0.25) is 9.78 Å². The van der Waals surface area contributed by atoms with Gasteiger partial charge in [-0.05, 0) is 13.8 Å². The van der Waals surface area contributed by atoms with E-state index >= 15 is 0 Å². The molecule has 0 saturated heterocycles. The van der Waals surface area contributed by atoms with Gasteiger partial charge >= 0.3 is 0 Å². The van der Waals surface area contributed by atoms with Crippen LogP contribution in [0.3, 0.4) is 0 Å². The Hall–Kier alpha value is -2.51. The summed E-state index contributed by atoms with van der Waals surface area (Å²) in [6.45, 7) is 5.91. The first-order chi connectivity index (χ1) is 10.1. The molecular formula is C13H18N8. The standard InChI is InChI=1S/C13H18N8/c1-5-10-17-12(9-6-14-21(4)13(9)18-10)15-7(2)11-16-8(3)19-20-11/h6-7H,5H2,1-4H3,(H,15,17,18)(H,16,19,20)/t7-/m0/s1. The quantitative estimate of drug-likeness (QED) is 0.754. The maximum atomic E-state index is 4.56. The van der Waals surface area contributed by atoms with E-state index in [1.54, 1.807) is 10.9 Å². The van der Waals surface area contributed by atoms with Crippen LogP contribution >= 0.6 is 0 Å². The summed E-state index contributed by atoms with van der Waals surface area (Å²) < 4.78 is 1.75. The van der Waals surface area contributed by atoms with Gasteiger partial charge in [-0.2, -0.15) is 10.2 Å². The van der Waals surface area contributed by atoms with Gasteiger partial charge in [-0.1, -0.05) is 6.92 Å². The summed E-state index contributed by atoms with van der Waals surface area (Å²) in [6, 6.07) is -0.0574. The van der Waals surface area contributed by atoms with Gasteiger partial charge in [0.05, 0.1) is 17.6 Å². The van der Waals surface area contributed by atoms with Crippen LogP contribution in [0.2, 0.25) is 0 Å². The molecule has 0 aliphatic carbocycles. The Kier molecular flexibility index (Phi) is 3.28. The largest absolute Gasteiger partial charge is 0.360 e. The molecule has 1 atom stereocenters. The summed E-state index contributed by atoms with van der Waals surface area (Å²) in [5.41, 5.74) is 0.822. The molecule has 0 amide bonds. The minimum atomic E-state index is -0.0574. The van der Waals surface area contributed by atoms with Gasteiger partial charge in [-0.15, -0.1) is 0 Å². The van der Waals surface area contributed by atoms with Crippen molar-refractivity contribution in [1.29, 1.82) is 0 Å². The molecule has 110 valence electrons. The predicted molar refractivity (Wildman–Crippen MR) is 78.8 cm³/mol. The summed E-state index contributed by atoms with van der Waals surface area (Å²) in [7, 11) is 1.88. The summed E-state index contributed by atoms with van der Waals surface area (Å²) >= 11 is 0. The van der Waals surface area contributed by atoms with Crippen LogP contribution in [0.25, 0.3) is 11.0 Å². The Morgan fingerprint density at radius 1 is 1.33 bits per heavy atom. The van der Waals surface area contributed by atoms with Crippen LogP contribution in [0.5, 0.6) is 0 Å². The number of aromatic nitrogens is 7. The lowest BCUT2D eigenvalue weighted by atomic mass is 10.3. The third-order valence-electron chi connectivity index (χ3n) is 3.31. The van der Waals surface area contributed by atoms with E-state index in [0.717, 1.165) is 34.9 Å². The molecule has 21 heavy (non-hydrogen) atoms. The molecule has 0 aliphatic heterocycles. The Morgan fingerprint density at radius 2 is 2.14 bits per heavy atom. The highest BCUT2D eigenvalue weighted by molar-refractivity contribution is 5.86. The van der Waals surface area contributed by atoms with Crippen LogP contribution in [0.4, 0.5) is 5.82 Å². The molecule has 0 bridgehead atoms. The van der Waals surface area contributed by atoms with Crippen molar-refractivity contribution in [3.8, 4) is 0 Å². The first-order valence-corrected chi connectivity index (χ1v) is 6.92. The molecule has 3 rings (SSSR count). The lowest BCUT2D eigenvalue weighted by molar-refractivity contribution is 0.775. The average molecular weight is 286 g/mol. The van der Waals surface area contributed by atoms with Crippen LogP contribution in [0, 0.1) is 6.92 Å².